The van der Waals surface area contributed by atoms with E-state index in [1.165, 1.54) is 12.5 Å². The molecule has 0 unspecified atom stereocenters. The number of hydrogen-bond acceptors (Lipinski definition) is 1. The van der Waals surface area contributed by atoms with Gasteiger partial charge in [0, 0.05) is 6.92 Å². The van der Waals surface area contributed by atoms with Crippen molar-refractivity contribution in [1.29, 1.82) is 5.26 Å². The van der Waals surface area contributed by atoms with Crippen molar-refractivity contribution in [3.8, 4) is 6.07 Å². The SMILES string of the molecule is C=C(C)C.CC#N. The van der Waals surface area contributed by atoms with Crippen LogP contribution in [0.1, 0.15) is 20.8 Å². The Kier molecular flexibility index (Phi) is 12.2. The normalized spacial score (nSPS) is 4.86. The predicted molar refractivity (Wildman–Crippen MR) is 31.8 cm³/mol. The summed E-state index contributed by atoms with van der Waals surface area (Å²) in [4.78, 5) is 0. The molecular weight excluding hydrogens is 86.1 g/mol. The van der Waals surface area contributed by atoms with Crippen molar-refractivity contribution in [1.82, 2.24) is 0 Å². The van der Waals surface area contributed by atoms with E-state index in [1.54, 1.807) is 6.07 Å². The minimum Gasteiger partial charge on any atom is -0.199 e. The fourth-order valence-corrected chi connectivity index (χ4v) is 0. The Morgan fingerprint density at radius 3 is 1.57 bits per heavy atom. The van der Waals surface area contributed by atoms with Gasteiger partial charge in [0.1, 0.15) is 0 Å². The molecule has 0 aliphatic rings. The van der Waals surface area contributed by atoms with Gasteiger partial charge >= 0.3 is 0 Å². The Morgan fingerprint density at radius 2 is 1.57 bits per heavy atom. The average molecular weight is 97.2 g/mol. The number of nitriles is 1. The number of hydrogen-bond donors (Lipinski definition) is 0. The molecule has 0 fully saturated rings. The molecular formula is C6H11N. The molecule has 0 aliphatic carbocycles. The summed E-state index contributed by atoms with van der Waals surface area (Å²) in [6.45, 7) is 8.93. The second-order valence-corrected chi connectivity index (χ2v) is 1.43. The van der Waals surface area contributed by atoms with Gasteiger partial charge in [0.05, 0.1) is 6.07 Å². The molecule has 7 heavy (non-hydrogen) atoms. The van der Waals surface area contributed by atoms with Crippen LogP contribution in [0.15, 0.2) is 12.2 Å². The summed E-state index contributed by atoms with van der Waals surface area (Å²) in [7, 11) is 0. The lowest BCUT2D eigenvalue weighted by Crippen LogP contribution is -1.43. The maximum atomic E-state index is 7.32. The number of rotatable bonds is 0. The molecule has 40 valence electrons. The van der Waals surface area contributed by atoms with E-state index in [0.29, 0.717) is 0 Å². The Balaban J connectivity index is 0. The second kappa shape index (κ2) is 8.97. The third-order valence-electron chi connectivity index (χ3n) is 0. The Labute approximate surface area is 45.3 Å². The van der Waals surface area contributed by atoms with Gasteiger partial charge < -0.3 is 0 Å². The highest BCUT2D eigenvalue weighted by molar-refractivity contribution is 4.78. The predicted octanol–water partition coefficient (Wildman–Crippen LogP) is 2.11. The Hall–Kier alpha value is -0.770. The zero-order chi connectivity index (χ0) is 6.28. The highest BCUT2D eigenvalue weighted by Gasteiger charge is 1.51. The largest absolute Gasteiger partial charge is 0.199 e. The fraction of sp³-hybridized carbons (Fsp3) is 0.500. The van der Waals surface area contributed by atoms with Crippen LogP contribution in [0.4, 0.5) is 0 Å². The monoisotopic (exact) mass is 97.1 g/mol. The van der Waals surface area contributed by atoms with Crippen LogP contribution in [0.5, 0.6) is 0 Å². The topological polar surface area (TPSA) is 23.8 Å². The summed E-state index contributed by atoms with van der Waals surface area (Å²) in [5.41, 5.74) is 1.17. The van der Waals surface area contributed by atoms with Gasteiger partial charge in [-0.2, -0.15) is 5.26 Å². The molecule has 0 heterocycles. The molecule has 0 aromatic heterocycles. The molecule has 1 heteroatoms. The Morgan fingerprint density at radius 1 is 1.57 bits per heavy atom. The van der Waals surface area contributed by atoms with Crippen LogP contribution in [0.3, 0.4) is 0 Å². The van der Waals surface area contributed by atoms with Crippen LogP contribution >= 0.6 is 0 Å². The lowest BCUT2D eigenvalue weighted by Gasteiger charge is -1.65. The van der Waals surface area contributed by atoms with Gasteiger partial charge in [-0.25, -0.2) is 0 Å². The zero-order valence-corrected chi connectivity index (χ0v) is 5.15. The van der Waals surface area contributed by atoms with Crippen LogP contribution in [0, 0.1) is 11.3 Å². The van der Waals surface area contributed by atoms with Gasteiger partial charge in [-0.3, -0.25) is 0 Å². The van der Waals surface area contributed by atoms with E-state index < -0.39 is 0 Å². The molecule has 0 saturated heterocycles. The van der Waals surface area contributed by atoms with Gasteiger partial charge in [0.15, 0.2) is 0 Å². The van der Waals surface area contributed by atoms with Crippen LogP contribution in [-0.4, -0.2) is 0 Å². The summed E-state index contributed by atoms with van der Waals surface area (Å²) in [5, 5.41) is 7.32. The van der Waals surface area contributed by atoms with Crippen molar-refractivity contribution >= 4 is 0 Å². The first-order chi connectivity index (χ1) is 3.15. The third kappa shape index (κ3) is 92.0. The van der Waals surface area contributed by atoms with E-state index in [9.17, 15) is 0 Å². The van der Waals surface area contributed by atoms with Crippen molar-refractivity contribution in [2.75, 3.05) is 0 Å². The first-order valence-corrected chi connectivity index (χ1v) is 2.08. The van der Waals surface area contributed by atoms with E-state index in [2.05, 4.69) is 6.58 Å². The molecule has 0 amide bonds. The molecule has 0 bridgehead atoms. The van der Waals surface area contributed by atoms with Crippen molar-refractivity contribution in [2.24, 2.45) is 0 Å². The van der Waals surface area contributed by atoms with Crippen LogP contribution in [-0.2, 0) is 0 Å². The van der Waals surface area contributed by atoms with E-state index in [1.807, 2.05) is 13.8 Å². The van der Waals surface area contributed by atoms with Crippen molar-refractivity contribution in [3.63, 3.8) is 0 Å². The zero-order valence-electron chi connectivity index (χ0n) is 5.15. The van der Waals surface area contributed by atoms with E-state index in [-0.39, 0.29) is 0 Å². The molecule has 0 aromatic rings. The molecule has 0 atom stereocenters. The van der Waals surface area contributed by atoms with Crippen molar-refractivity contribution in [3.05, 3.63) is 12.2 Å². The van der Waals surface area contributed by atoms with E-state index in [0.717, 1.165) is 0 Å². The second-order valence-electron chi connectivity index (χ2n) is 1.43. The lowest BCUT2D eigenvalue weighted by atomic mass is 10.4. The maximum Gasteiger partial charge on any atom is 0.0587 e. The molecule has 0 saturated carbocycles. The number of allylic oxidation sites excluding steroid dienone is 1. The summed E-state index contributed by atoms with van der Waals surface area (Å²) < 4.78 is 0. The van der Waals surface area contributed by atoms with Gasteiger partial charge in [0.2, 0.25) is 0 Å². The van der Waals surface area contributed by atoms with Gasteiger partial charge in [-0.05, 0) is 13.8 Å². The third-order valence-corrected chi connectivity index (χ3v) is 0. The van der Waals surface area contributed by atoms with Gasteiger partial charge in [-0.15, -0.1) is 6.58 Å². The minimum atomic E-state index is 1.17. The summed E-state index contributed by atoms with van der Waals surface area (Å²) in [6, 6.07) is 1.75. The highest BCUT2D eigenvalue weighted by atomic mass is 14.2. The van der Waals surface area contributed by atoms with Crippen molar-refractivity contribution in [2.45, 2.75) is 20.8 Å². The number of nitrogens with zero attached hydrogens (tertiary/aromatic N) is 1. The first-order valence-electron chi connectivity index (χ1n) is 2.08. The molecule has 0 radical (unpaired) electrons. The summed E-state index contributed by atoms with van der Waals surface area (Å²) in [5.74, 6) is 0. The van der Waals surface area contributed by atoms with Crippen LogP contribution in [0.2, 0.25) is 0 Å². The van der Waals surface area contributed by atoms with Crippen LogP contribution in [0.25, 0.3) is 0 Å². The van der Waals surface area contributed by atoms with Crippen molar-refractivity contribution < 1.29 is 0 Å². The fourth-order valence-electron chi connectivity index (χ4n) is 0. The van der Waals surface area contributed by atoms with Gasteiger partial charge in [0.25, 0.3) is 0 Å². The molecule has 1 nitrogen and oxygen atoms in total. The first kappa shape index (κ1) is 9.52. The quantitative estimate of drug-likeness (QED) is 0.425. The average Bonchev–Trinajstić information content (AvgIpc) is 1.33. The molecule has 0 aromatic carbocycles. The van der Waals surface area contributed by atoms with E-state index >= 15 is 0 Å². The molecule has 0 spiro atoms. The smallest absolute Gasteiger partial charge is 0.0587 e. The summed E-state index contributed by atoms with van der Waals surface area (Å²) >= 11 is 0. The standard InChI is InChI=1S/C4H8.C2H3N/c1-4(2)3;1-2-3/h1H2,2-3H3;1H3. The lowest BCUT2D eigenvalue weighted by molar-refractivity contribution is 1.42. The highest BCUT2D eigenvalue weighted by Crippen LogP contribution is 1.73. The Bertz CT molecular complexity index is 72.7. The minimum absolute atomic E-state index is 1.17. The summed E-state index contributed by atoms with van der Waals surface area (Å²) in [6.07, 6.45) is 0. The maximum absolute atomic E-state index is 7.32. The molecule has 0 aliphatic heterocycles. The molecule has 0 N–H and O–H groups in total. The van der Waals surface area contributed by atoms with Crippen LogP contribution < -0.4 is 0 Å². The van der Waals surface area contributed by atoms with Gasteiger partial charge in [-0.1, -0.05) is 5.57 Å². The molecule has 0 rings (SSSR count). The van der Waals surface area contributed by atoms with E-state index in [4.69, 9.17) is 5.26 Å².